The number of amidine groups is 1. The fourth-order valence-corrected chi connectivity index (χ4v) is 6.69. The number of carbonyl (C=O) groups is 2. The molecule has 5 rings (SSSR count). The third-order valence-corrected chi connectivity index (χ3v) is 9.36. The second kappa shape index (κ2) is 13.2. The molecule has 0 radical (unpaired) electrons. The first-order chi connectivity index (χ1) is 21.0. The zero-order valence-electron chi connectivity index (χ0n) is 24.9. The van der Waals surface area contributed by atoms with Crippen LogP contribution in [0.4, 0.5) is 8.78 Å². The summed E-state index contributed by atoms with van der Waals surface area (Å²) in [6, 6.07) is 1.31. The lowest BCUT2D eigenvalue weighted by molar-refractivity contribution is -0.143. The number of nitrogens with zero attached hydrogens (tertiary/aromatic N) is 4. The summed E-state index contributed by atoms with van der Waals surface area (Å²) in [6.45, 7) is 5.70. The molecule has 0 bridgehead atoms. The molecule has 1 fully saturated rings. The van der Waals surface area contributed by atoms with Gasteiger partial charge in [-0.05, 0) is 69.9 Å². The highest BCUT2D eigenvalue weighted by molar-refractivity contribution is 7.11. The van der Waals surface area contributed by atoms with Gasteiger partial charge in [0.1, 0.15) is 6.04 Å². The second-order valence-corrected chi connectivity index (χ2v) is 12.8. The predicted molar refractivity (Wildman–Crippen MR) is 162 cm³/mol. The van der Waals surface area contributed by atoms with E-state index < -0.39 is 34.2 Å². The molecule has 1 aliphatic carbocycles. The fraction of sp³-hybridized carbons (Fsp3) is 0.452. The molecular formula is C31H34ClF2N5O4S. The number of nitrogens with one attached hydrogen (secondary N) is 1. The highest BCUT2D eigenvalue weighted by Gasteiger charge is 2.39. The van der Waals surface area contributed by atoms with Crippen molar-refractivity contribution >= 4 is 40.7 Å². The molecule has 1 atom stereocenters. The molecule has 3 heterocycles. The lowest BCUT2D eigenvalue weighted by Gasteiger charge is -2.35. The summed E-state index contributed by atoms with van der Waals surface area (Å²) in [6.07, 6.45) is 8.77. The summed E-state index contributed by atoms with van der Waals surface area (Å²) in [5, 5.41) is 9.88. The van der Waals surface area contributed by atoms with Crippen molar-refractivity contribution in [2.45, 2.75) is 70.4 Å². The molecule has 1 aliphatic heterocycles. The maximum absolute atomic E-state index is 14.7. The number of allylic oxidation sites excluding steroid dienone is 1. The van der Waals surface area contributed by atoms with Crippen LogP contribution in [0.5, 0.6) is 0 Å². The molecule has 9 nitrogen and oxygen atoms in total. The molecule has 1 unspecified atom stereocenters. The van der Waals surface area contributed by atoms with Crippen LogP contribution in [0.1, 0.15) is 81.0 Å². The van der Waals surface area contributed by atoms with Gasteiger partial charge in [0.05, 0.1) is 42.5 Å². The molecule has 1 saturated carbocycles. The SMILES string of the molecule is CCOC(=O)C1=C([C@H]2CC[C@H](c3cnn(C(C)(C)CC(=O)OC)c3)CC2)NC(c2nccs2)=NC1c1ccc(F)c(F)c1Cl. The minimum absolute atomic E-state index is 0.0755. The number of carbonyl (C=O) groups excluding carboxylic acids is 2. The molecule has 2 aromatic heterocycles. The first kappa shape index (κ1) is 31.8. The van der Waals surface area contributed by atoms with Gasteiger partial charge in [-0.1, -0.05) is 17.7 Å². The average molecular weight is 646 g/mol. The van der Waals surface area contributed by atoms with Gasteiger partial charge in [-0.2, -0.15) is 5.10 Å². The molecule has 1 aromatic carbocycles. The van der Waals surface area contributed by atoms with Crippen molar-refractivity contribution in [1.29, 1.82) is 0 Å². The van der Waals surface area contributed by atoms with Crippen LogP contribution in [0.3, 0.4) is 0 Å². The third kappa shape index (κ3) is 6.41. The monoisotopic (exact) mass is 645 g/mol. The van der Waals surface area contributed by atoms with E-state index in [1.807, 2.05) is 30.9 Å². The van der Waals surface area contributed by atoms with E-state index in [0.29, 0.717) is 16.5 Å². The van der Waals surface area contributed by atoms with Crippen LogP contribution in [-0.4, -0.2) is 46.3 Å². The van der Waals surface area contributed by atoms with Crippen LogP contribution in [0.25, 0.3) is 0 Å². The van der Waals surface area contributed by atoms with Crippen LogP contribution in [0.2, 0.25) is 5.02 Å². The van der Waals surface area contributed by atoms with Crippen molar-refractivity contribution in [2.24, 2.45) is 10.9 Å². The zero-order chi connectivity index (χ0) is 31.6. The number of benzene rings is 1. The quantitative estimate of drug-likeness (QED) is 0.210. The highest BCUT2D eigenvalue weighted by Crippen LogP contribution is 2.44. The normalized spacial score (nSPS) is 20.6. The van der Waals surface area contributed by atoms with Gasteiger partial charge in [0.2, 0.25) is 0 Å². The largest absolute Gasteiger partial charge is 0.469 e. The van der Waals surface area contributed by atoms with Crippen molar-refractivity contribution in [1.82, 2.24) is 20.1 Å². The van der Waals surface area contributed by atoms with E-state index in [-0.39, 0.29) is 42.0 Å². The number of esters is 2. The molecule has 0 spiro atoms. The Bertz CT molecular complexity index is 1600. The average Bonchev–Trinajstić information content (AvgIpc) is 3.73. The minimum Gasteiger partial charge on any atom is -0.469 e. The van der Waals surface area contributed by atoms with E-state index in [9.17, 15) is 18.4 Å². The van der Waals surface area contributed by atoms with Crippen molar-refractivity contribution in [3.05, 3.63) is 80.2 Å². The van der Waals surface area contributed by atoms with Gasteiger partial charge in [-0.3, -0.25) is 14.5 Å². The van der Waals surface area contributed by atoms with Gasteiger partial charge in [0.15, 0.2) is 22.5 Å². The lowest BCUT2D eigenvalue weighted by atomic mass is 9.76. The molecule has 3 aromatic rings. The zero-order valence-corrected chi connectivity index (χ0v) is 26.5. The first-order valence-electron chi connectivity index (χ1n) is 14.4. The Morgan fingerprint density at radius 2 is 1.91 bits per heavy atom. The van der Waals surface area contributed by atoms with E-state index in [1.54, 1.807) is 18.5 Å². The summed E-state index contributed by atoms with van der Waals surface area (Å²) in [7, 11) is 1.37. The molecule has 0 amide bonds. The lowest BCUT2D eigenvalue weighted by Crippen LogP contribution is -2.38. The molecule has 0 saturated heterocycles. The number of thiazole rings is 1. The van der Waals surface area contributed by atoms with Gasteiger partial charge in [0.25, 0.3) is 0 Å². The highest BCUT2D eigenvalue weighted by atomic mass is 35.5. The maximum atomic E-state index is 14.7. The van der Waals surface area contributed by atoms with Crippen LogP contribution >= 0.6 is 22.9 Å². The Hall–Kier alpha value is -3.64. The number of halogens is 3. The Morgan fingerprint density at radius 3 is 2.57 bits per heavy atom. The molecular weight excluding hydrogens is 612 g/mol. The summed E-state index contributed by atoms with van der Waals surface area (Å²) in [5.74, 6) is -2.62. The van der Waals surface area contributed by atoms with Gasteiger partial charge < -0.3 is 14.8 Å². The molecule has 1 N–H and O–H groups in total. The van der Waals surface area contributed by atoms with Gasteiger partial charge in [0, 0.05) is 29.0 Å². The van der Waals surface area contributed by atoms with Crippen molar-refractivity contribution < 1.29 is 27.8 Å². The first-order valence-corrected chi connectivity index (χ1v) is 15.7. The number of rotatable bonds is 9. The van der Waals surface area contributed by atoms with Gasteiger partial charge in [-0.15, -0.1) is 11.3 Å². The van der Waals surface area contributed by atoms with Crippen LogP contribution in [0, 0.1) is 17.6 Å². The van der Waals surface area contributed by atoms with Crippen LogP contribution < -0.4 is 5.32 Å². The van der Waals surface area contributed by atoms with Crippen molar-refractivity contribution in [3.63, 3.8) is 0 Å². The van der Waals surface area contributed by atoms with E-state index in [4.69, 9.17) is 26.1 Å². The molecule has 2 aliphatic rings. The Balaban J connectivity index is 1.46. The standard InChI is InChI=1S/C31H34ClF2N5O4S/c1-5-43-30(41)23-26(18-8-6-17(7-9-18)19-15-36-39(16-19)31(2,3)14-22(40)42-4)37-28(29-35-12-13-44-29)38-27(23)20-10-11-21(33)25(34)24(20)32/h10-13,15-18,27H,5-9,14H2,1-4H3,(H,37,38)/t17-,18-,27?. The maximum Gasteiger partial charge on any atom is 0.338 e. The number of methoxy groups -OCH3 is 1. The fourth-order valence-electron chi connectivity index (χ4n) is 5.85. The smallest absolute Gasteiger partial charge is 0.338 e. The number of ether oxygens (including phenoxy) is 2. The van der Waals surface area contributed by atoms with Crippen molar-refractivity contribution in [3.8, 4) is 0 Å². The summed E-state index contributed by atoms with van der Waals surface area (Å²) >= 11 is 7.68. The summed E-state index contributed by atoms with van der Waals surface area (Å²) in [5.41, 5.74) is 1.55. The number of hydrogen-bond donors (Lipinski definition) is 1. The number of aromatic nitrogens is 3. The molecule has 13 heteroatoms. The van der Waals surface area contributed by atoms with Gasteiger partial charge >= 0.3 is 11.9 Å². The third-order valence-electron chi connectivity index (χ3n) is 8.20. The van der Waals surface area contributed by atoms with Crippen molar-refractivity contribution in [2.75, 3.05) is 13.7 Å². The predicted octanol–water partition coefficient (Wildman–Crippen LogP) is 6.45. The van der Waals surface area contributed by atoms with E-state index in [2.05, 4.69) is 15.4 Å². The van der Waals surface area contributed by atoms with Crippen LogP contribution in [0.15, 0.2) is 52.4 Å². The number of hydrogen-bond acceptors (Lipinski definition) is 9. The van der Waals surface area contributed by atoms with Gasteiger partial charge in [-0.25, -0.2) is 18.6 Å². The van der Waals surface area contributed by atoms with E-state index in [0.717, 1.165) is 37.3 Å². The summed E-state index contributed by atoms with van der Waals surface area (Å²) in [4.78, 5) is 34.6. The minimum atomic E-state index is -1.20. The molecule has 234 valence electrons. The number of aliphatic imine (C=N–C) groups is 1. The van der Waals surface area contributed by atoms with E-state index >= 15 is 0 Å². The Morgan fingerprint density at radius 1 is 1.18 bits per heavy atom. The van der Waals surface area contributed by atoms with Crippen LogP contribution in [-0.2, 0) is 24.6 Å². The topological polar surface area (TPSA) is 108 Å². The van der Waals surface area contributed by atoms with E-state index in [1.165, 1.54) is 24.5 Å². The summed E-state index contributed by atoms with van der Waals surface area (Å²) < 4.78 is 40.8. The Labute approximate surface area is 263 Å². The molecule has 44 heavy (non-hydrogen) atoms. The second-order valence-electron chi connectivity index (χ2n) is 11.5. The Kier molecular flexibility index (Phi) is 9.50.